The molecule has 1 N–H and O–H groups in total. The van der Waals surface area contributed by atoms with Crippen molar-refractivity contribution >= 4 is 21.6 Å². The third-order valence-electron chi connectivity index (χ3n) is 6.08. The van der Waals surface area contributed by atoms with Crippen LogP contribution in [0.5, 0.6) is 0 Å². The summed E-state index contributed by atoms with van der Waals surface area (Å²) in [6.07, 6.45) is 4.44. The second-order valence-electron chi connectivity index (χ2n) is 9.36. The van der Waals surface area contributed by atoms with Crippen LogP contribution in [0.4, 0.5) is 0 Å². The Balaban J connectivity index is 1.79. The van der Waals surface area contributed by atoms with Crippen LogP contribution in [0.2, 0.25) is 0 Å². The molecule has 0 radical (unpaired) electrons. The van der Waals surface area contributed by atoms with E-state index in [0.29, 0.717) is 31.6 Å². The molecular formula is C26H33N6O2S+. The van der Waals surface area contributed by atoms with Gasteiger partial charge in [0.05, 0.1) is 38.6 Å². The molecule has 0 saturated carbocycles. The number of thiophene rings is 1. The highest BCUT2D eigenvalue weighted by Gasteiger charge is 2.27. The third-order valence-corrected chi connectivity index (χ3v) is 6.88. The van der Waals surface area contributed by atoms with Crippen molar-refractivity contribution in [1.82, 2.24) is 24.4 Å². The van der Waals surface area contributed by atoms with Crippen molar-refractivity contribution in [2.24, 2.45) is 0 Å². The minimum Gasteiger partial charge on any atom is -0.290 e. The number of likely N-dealkylation sites (N-methyl/N-ethyl adjacent to an activating group) is 1. The van der Waals surface area contributed by atoms with Gasteiger partial charge in [0.2, 0.25) is 0 Å². The Morgan fingerprint density at radius 2 is 1.83 bits per heavy atom. The number of fused-ring (bicyclic) bond motifs is 1. The normalized spacial score (nSPS) is 13.0. The number of benzene rings is 1. The van der Waals surface area contributed by atoms with Crippen LogP contribution < -0.4 is 5.56 Å². The molecule has 3 aromatic heterocycles. The van der Waals surface area contributed by atoms with Crippen molar-refractivity contribution in [3.05, 3.63) is 87.3 Å². The number of hydrogen-bond donors (Lipinski definition) is 1. The Bertz CT molecular complexity index is 1310. The summed E-state index contributed by atoms with van der Waals surface area (Å²) < 4.78 is 1.67. The van der Waals surface area contributed by atoms with E-state index >= 15 is 0 Å². The van der Waals surface area contributed by atoms with Gasteiger partial charge in [-0.25, -0.2) is 20.2 Å². The Morgan fingerprint density at radius 3 is 2.49 bits per heavy atom. The minimum absolute atomic E-state index is 0.0227. The fourth-order valence-electron chi connectivity index (χ4n) is 4.20. The number of aryl methyl sites for hydroxylation is 1. The van der Waals surface area contributed by atoms with E-state index in [9.17, 15) is 10.0 Å². The first-order chi connectivity index (χ1) is 16.7. The summed E-state index contributed by atoms with van der Waals surface area (Å²) in [5.41, 5.74) is 2.01. The standard InChI is InChI=1S/C26H33N6O2S/c1-5-23(30(12-13-32(3,4)34)17-21-15-27-19(2)28-16-21)24-29-25-22(11-14-35-25)26(33)31(24)18-20-9-7-6-8-10-20/h6-11,14-16,23,34H,5,12-13,17-18H2,1-4H3/q+1. The fraction of sp³-hybridized carbons (Fsp3) is 0.385. The van der Waals surface area contributed by atoms with E-state index in [1.54, 1.807) is 14.1 Å². The van der Waals surface area contributed by atoms with Gasteiger partial charge in [-0.3, -0.25) is 14.3 Å². The Kier molecular flexibility index (Phi) is 7.71. The van der Waals surface area contributed by atoms with Crippen LogP contribution in [0.1, 0.15) is 42.2 Å². The zero-order valence-corrected chi connectivity index (χ0v) is 21.6. The molecule has 1 unspecified atom stereocenters. The Hall–Kier alpha value is -2.98. The van der Waals surface area contributed by atoms with E-state index in [1.165, 1.54) is 11.3 Å². The zero-order valence-electron chi connectivity index (χ0n) is 20.8. The SMILES string of the molecule is CCC(c1nc2sccc2c(=O)n1Cc1ccccc1)N(CC[N+](C)(C)O)Cc1cnc(C)nc1. The van der Waals surface area contributed by atoms with Gasteiger partial charge in [-0.05, 0) is 30.4 Å². The zero-order chi connectivity index (χ0) is 25.0. The van der Waals surface area contributed by atoms with Gasteiger partial charge in [0.15, 0.2) is 0 Å². The molecule has 1 atom stereocenters. The van der Waals surface area contributed by atoms with Crippen LogP contribution in [0.3, 0.4) is 0 Å². The lowest BCUT2D eigenvalue weighted by Crippen LogP contribution is -2.44. The number of hydroxylamine groups is 3. The second-order valence-corrected chi connectivity index (χ2v) is 10.3. The summed E-state index contributed by atoms with van der Waals surface area (Å²) in [5, 5.41) is 13.0. The number of hydrogen-bond acceptors (Lipinski definition) is 7. The van der Waals surface area contributed by atoms with E-state index in [0.717, 1.165) is 34.0 Å². The number of rotatable bonds is 10. The lowest BCUT2D eigenvalue weighted by molar-refractivity contribution is -1.07. The molecule has 4 rings (SSSR count). The predicted molar refractivity (Wildman–Crippen MR) is 138 cm³/mol. The van der Waals surface area contributed by atoms with Gasteiger partial charge >= 0.3 is 0 Å². The molecular weight excluding hydrogens is 460 g/mol. The van der Waals surface area contributed by atoms with Gasteiger partial charge in [0.1, 0.15) is 23.0 Å². The van der Waals surface area contributed by atoms with Crippen molar-refractivity contribution in [3.63, 3.8) is 0 Å². The highest BCUT2D eigenvalue weighted by Crippen LogP contribution is 2.27. The molecule has 0 fully saturated rings. The molecule has 0 aliphatic carbocycles. The number of aromatic nitrogens is 4. The molecule has 3 heterocycles. The van der Waals surface area contributed by atoms with Crippen LogP contribution in [0.15, 0.2) is 59.0 Å². The van der Waals surface area contributed by atoms with Crippen LogP contribution in [0, 0.1) is 6.92 Å². The maximum atomic E-state index is 13.6. The van der Waals surface area contributed by atoms with Crippen LogP contribution >= 0.6 is 11.3 Å². The first-order valence-corrected chi connectivity index (χ1v) is 12.7. The van der Waals surface area contributed by atoms with Gasteiger partial charge in [-0.15, -0.1) is 11.3 Å². The highest BCUT2D eigenvalue weighted by atomic mass is 32.1. The van der Waals surface area contributed by atoms with E-state index in [4.69, 9.17) is 4.98 Å². The summed E-state index contributed by atoms with van der Waals surface area (Å²) in [7, 11) is 3.52. The molecule has 4 aromatic rings. The maximum Gasteiger partial charge on any atom is 0.262 e. The van der Waals surface area contributed by atoms with Crippen molar-refractivity contribution < 1.29 is 9.85 Å². The van der Waals surface area contributed by atoms with Crippen LogP contribution in [-0.4, -0.2) is 61.5 Å². The first kappa shape index (κ1) is 25.1. The van der Waals surface area contributed by atoms with Crippen LogP contribution in [-0.2, 0) is 13.1 Å². The summed E-state index contributed by atoms with van der Waals surface area (Å²) in [4.78, 5) is 30.4. The monoisotopic (exact) mass is 493 g/mol. The van der Waals surface area contributed by atoms with Crippen molar-refractivity contribution in [3.8, 4) is 0 Å². The van der Waals surface area contributed by atoms with Crippen LogP contribution in [0.25, 0.3) is 10.2 Å². The lowest BCUT2D eigenvalue weighted by Gasteiger charge is -2.33. The molecule has 184 valence electrons. The molecule has 0 aliphatic heterocycles. The Labute approximate surface area is 209 Å². The van der Waals surface area contributed by atoms with Gasteiger partial charge in [0.25, 0.3) is 5.56 Å². The van der Waals surface area contributed by atoms with Gasteiger partial charge in [-0.2, -0.15) is 4.65 Å². The van der Waals surface area contributed by atoms with E-state index in [1.807, 2.05) is 65.7 Å². The topological polar surface area (TPSA) is 84.1 Å². The minimum atomic E-state index is -0.147. The number of nitrogens with zero attached hydrogens (tertiary/aromatic N) is 6. The van der Waals surface area contributed by atoms with Gasteiger partial charge < -0.3 is 0 Å². The van der Waals surface area contributed by atoms with Crippen molar-refractivity contribution in [1.29, 1.82) is 0 Å². The van der Waals surface area contributed by atoms with Crippen molar-refractivity contribution in [2.75, 3.05) is 27.2 Å². The van der Waals surface area contributed by atoms with E-state index < -0.39 is 0 Å². The smallest absolute Gasteiger partial charge is 0.262 e. The predicted octanol–water partition coefficient (Wildman–Crippen LogP) is 4.02. The summed E-state index contributed by atoms with van der Waals surface area (Å²) >= 11 is 1.49. The lowest BCUT2D eigenvalue weighted by atomic mass is 10.1. The summed E-state index contributed by atoms with van der Waals surface area (Å²) in [6.45, 7) is 6.15. The fourth-order valence-corrected chi connectivity index (χ4v) is 4.96. The first-order valence-electron chi connectivity index (χ1n) is 11.8. The molecule has 1 aromatic carbocycles. The number of quaternary nitrogens is 1. The molecule has 0 amide bonds. The summed E-state index contributed by atoms with van der Waals surface area (Å²) in [6, 6.07) is 11.7. The average Bonchev–Trinajstić information content (AvgIpc) is 3.30. The second kappa shape index (κ2) is 10.7. The molecule has 0 spiro atoms. The Morgan fingerprint density at radius 1 is 1.11 bits per heavy atom. The van der Waals surface area contributed by atoms with E-state index in [2.05, 4.69) is 21.8 Å². The molecule has 35 heavy (non-hydrogen) atoms. The van der Waals surface area contributed by atoms with E-state index in [-0.39, 0.29) is 16.2 Å². The molecule has 0 saturated heterocycles. The maximum absolute atomic E-state index is 13.6. The molecule has 0 bridgehead atoms. The van der Waals surface area contributed by atoms with Crippen molar-refractivity contribution in [2.45, 2.75) is 39.4 Å². The molecule has 8 nitrogen and oxygen atoms in total. The molecule has 9 heteroatoms. The highest BCUT2D eigenvalue weighted by molar-refractivity contribution is 7.16. The average molecular weight is 494 g/mol. The molecule has 0 aliphatic rings. The summed E-state index contributed by atoms with van der Waals surface area (Å²) in [5.74, 6) is 1.47. The van der Waals surface area contributed by atoms with Gasteiger partial charge in [-0.1, -0.05) is 37.3 Å². The van der Waals surface area contributed by atoms with Gasteiger partial charge in [0, 0.05) is 24.5 Å². The third kappa shape index (κ3) is 6.18. The quantitative estimate of drug-likeness (QED) is 0.265. The largest absolute Gasteiger partial charge is 0.290 e.